The van der Waals surface area contributed by atoms with Gasteiger partial charge >= 0.3 is 0 Å². The van der Waals surface area contributed by atoms with Crippen LogP contribution in [0.4, 0.5) is 45.5 Å². The molecule has 116 heavy (non-hydrogen) atoms. The molecule has 0 saturated carbocycles. The number of aryl methyl sites for hydroxylation is 8. The minimum Gasteiger partial charge on any atom is -0.497 e. The Bertz CT molecular complexity index is 6120. The minimum atomic E-state index is 0.122. The van der Waals surface area contributed by atoms with Crippen LogP contribution in [0, 0.1) is 48.5 Å². The molecule has 0 bridgehead atoms. The van der Waals surface area contributed by atoms with Gasteiger partial charge in [-0.25, -0.2) is 0 Å². The van der Waals surface area contributed by atoms with Gasteiger partial charge in [0.2, 0.25) is 13.6 Å². The molecular formula is C93H90N8O15. The van der Waals surface area contributed by atoms with Crippen molar-refractivity contribution in [2.75, 3.05) is 89.7 Å². The van der Waals surface area contributed by atoms with E-state index >= 15 is 0 Å². The van der Waals surface area contributed by atoms with E-state index in [1.54, 1.807) is 28.4 Å². The maximum atomic E-state index is 12.9. The average molecular weight is 1560 g/mol. The van der Waals surface area contributed by atoms with Gasteiger partial charge < -0.3 is 78.1 Å². The van der Waals surface area contributed by atoms with Crippen molar-refractivity contribution in [1.29, 1.82) is 0 Å². The molecule has 0 saturated heterocycles. The number of benzene rings is 8. The number of carbonyl (C=O) groups is 3. The molecule has 4 aromatic heterocycles. The lowest BCUT2D eigenvalue weighted by atomic mass is 9.91. The summed E-state index contributed by atoms with van der Waals surface area (Å²) in [5, 5.41) is 17.7. The lowest BCUT2D eigenvalue weighted by Crippen LogP contribution is -2.17. The summed E-state index contributed by atoms with van der Waals surface area (Å²) >= 11 is 0. The van der Waals surface area contributed by atoms with E-state index in [1.165, 1.54) is 5.56 Å². The predicted octanol–water partition coefficient (Wildman–Crippen LogP) is 19.6. The highest BCUT2D eigenvalue weighted by molar-refractivity contribution is 6.14. The molecule has 8 aromatic carbocycles. The Balaban J connectivity index is 0.000000111. The highest BCUT2D eigenvalue weighted by Crippen LogP contribution is 2.49. The molecule has 0 unspecified atom stereocenters. The van der Waals surface area contributed by atoms with Crippen LogP contribution in [-0.2, 0) is 25.7 Å². The average Bonchev–Trinajstić information content (AvgIpc) is 1.15. The SMILES string of the molecule is C=C1CCc2nc3cc4c(cc3c(Nc3cc(C)c(C)c(OC)c3)c21)OCO4.COc1cc(C)cc(Nc2c3c(nc4cc5c(cc24)OCCO5)CCCC3=O)c1.COc1cc(Nc2c3c(nc4cc5c(cc24)OCCO5)CCCC3=O)cc(C)c1C.COc1cc(Nc2c3c(nc4cc5c(cc24)OCO5)CCCC3=O)cc(C)c1C. The summed E-state index contributed by atoms with van der Waals surface area (Å²) in [5.74, 6) is 9.22. The summed E-state index contributed by atoms with van der Waals surface area (Å²) in [5.41, 5.74) is 25.9. The minimum absolute atomic E-state index is 0.122. The fourth-order valence-corrected chi connectivity index (χ4v) is 16.5. The predicted molar refractivity (Wildman–Crippen MR) is 449 cm³/mol. The van der Waals surface area contributed by atoms with Crippen LogP contribution in [0.2, 0.25) is 0 Å². The number of nitrogens with zero attached hydrogens (tertiary/aromatic N) is 4. The normalized spacial score (nSPS) is 14.9. The third-order valence-electron chi connectivity index (χ3n) is 22.7. The lowest BCUT2D eigenvalue weighted by Gasteiger charge is -2.24. The molecule has 4 N–H and O–H groups in total. The third kappa shape index (κ3) is 14.5. The Morgan fingerprint density at radius 3 is 0.957 bits per heavy atom. The molecule has 4 aliphatic carbocycles. The van der Waals surface area contributed by atoms with Gasteiger partial charge in [0, 0.05) is 118 Å². The lowest BCUT2D eigenvalue weighted by molar-refractivity contribution is 0.0964. The van der Waals surface area contributed by atoms with Crippen molar-refractivity contribution in [2.45, 2.75) is 119 Å². The van der Waals surface area contributed by atoms with Crippen molar-refractivity contribution in [3.05, 3.63) is 194 Å². The summed E-state index contributed by atoms with van der Waals surface area (Å²) in [6.45, 7) is 21.1. The van der Waals surface area contributed by atoms with Crippen molar-refractivity contribution < 1.29 is 71.2 Å². The zero-order chi connectivity index (χ0) is 80.3. The summed E-state index contributed by atoms with van der Waals surface area (Å²) in [7, 11) is 6.69. The number of allylic oxidation sites excluding steroid dienone is 1. The van der Waals surface area contributed by atoms with Gasteiger partial charge in [-0.3, -0.25) is 34.3 Å². The van der Waals surface area contributed by atoms with Crippen LogP contribution in [-0.4, -0.2) is 106 Å². The number of methoxy groups -OCH3 is 4. The maximum absolute atomic E-state index is 12.9. The number of fused-ring (bicyclic) bond motifs is 12. The first-order valence-electron chi connectivity index (χ1n) is 39.3. The van der Waals surface area contributed by atoms with E-state index in [9.17, 15) is 14.4 Å². The molecule has 0 radical (unpaired) electrons. The van der Waals surface area contributed by atoms with Crippen molar-refractivity contribution in [3.8, 4) is 69.0 Å². The van der Waals surface area contributed by atoms with Gasteiger partial charge in [-0.2, -0.15) is 0 Å². The number of Topliss-reactive ketones (excluding diaryl/α,β-unsaturated/α-hetero) is 3. The van der Waals surface area contributed by atoms with Gasteiger partial charge in [0.1, 0.15) is 49.4 Å². The van der Waals surface area contributed by atoms with Crippen LogP contribution in [0.15, 0.2) is 110 Å². The molecule has 4 aliphatic heterocycles. The molecule has 20 rings (SSSR count). The molecule has 8 aliphatic rings. The quantitative estimate of drug-likeness (QED) is 0.0886. The fraction of sp³-hybridized carbons (Fsp3) is 0.301. The Hall–Kier alpha value is -13.1. The second-order valence-electron chi connectivity index (χ2n) is 30.2. The first kappa shape index (κ1) is 75.6. The smallest absolute Gasteiger partial charge is 0.231 e. The number of hydrogen-bond donors (Lipinski definition) is 4. The summed E-state index contributed by atoms with van der Waals surface area (Å²) in [6, 6.07) is 33.6. The largest absolute Gasteiger partial charge is 0.497 e. The number of anilines is 8. The number of rotatable bonds is 12. The van der Waals surface area contributed by atoms with Crippen LogP contribution in [0.5, 0.6) is 69.0 Å². The van der Waals surface area contributed by atoms with Crippen molar-refractivity contribution >= 4 is 112 Å². The van der Waals surface area contributed by atoms with Crippen LogP contribution in [0.25, 0.3) is 49.2 Å². The Morgan fingerprint density at radius 1 is 0.319 bits per heavy atom. The number of pyridine rings is 4. The van der Waals surface area contributed by atoms with Crippen LogP contribution in [0.3, 0.4) is 0 Å². The molecule has 23 heteroatoms. The molecule has 592 valence electrons. The Morgan fingerprint density at radius 2 is 0.621 bits per heavy atom. The van der Waals surface area contributed by atoms with E-state index in [-0.39, 0.29) is 30.9 Å². The van der Waals surface area contributed by atoms with Crippen LogP contribution in [0.1, 0.15) is 143 Å². The summed E-state index contributed by atoms with van der Waals surface area (Å²) in [6.07, 6.45) is 8.29. The van der Waals surface area contributed by atoms with E-state index in [2.05, 4.69) is 66.8 Å². The van der Waals surface area contributed by atoms with Crippen molar-refractivity contribution in [3.63, 3.8) is 0 Å². The second-order valence-corrected chi connectivity index (χ2v) is 30.2. The molecular weight excluding hydrogens is 1470 g/mol. The summed E-state index contributed by atoms with van der Waals surface area (Å²) in [4.78, 5) is 57.9. The standard InChI is InChI=1S/C24H24N2O4.2C23H22N2O4.C23H22N2O3/c1-13-9-15(10-20(28-3)14(13)2)25-24-16-11-21-22(30-8-7-29-21)12-18(16)26-17-5-4-6-19(27)23(17)24;1-12-7-14(8-19(27-3)13(12)2)24-23-15-9-20-21(29-11-28-20)10-17(15)25-16-5-4-6-18(26)22(16)23;1-13-8-14(10-15(9-13)27-2)24-23-16-11-20-21(29-7-6-28-20)12-18(16)25-17-4-3-5-19(26)22(17)23;1-12-5-6-17-22(12)23(24-15-7-13(2)14(3)19(8-15)26-4)16-9-20-21(28-11-27-20)10-18(16)25-17/h9-12H,4-8H2,1-3H3,(H,25,26);7-10H,4-6,11H2,1-3H3,(H,24,25);8-12H,3-7H2,1-2H3,(H,24,25);7-10H,1,5-6,11H2,2-4H3,(H,24,25). The molecule has 0 amide bonds. The van der Waals surface area contributed by atoms with Crippen LogP contribution < -0.4 is 78.1 Å². The molecule has 8 heterocycles. The molecule has 0 fully saturated rings. The van der Waals surface area contributed by atoms with E-state index < -0.39 is 0 Å². The summed E-state index contributed by atoms with van der Waals surface area (Å²) < 4.78 is 67.3. The zero-order valence-electron chi connectivity index (χ0n) is 67.0. The van der Waals surface area contributed by atoms with Gasteiger partial charge in [0.05, 0.1) is 113 Å². The zero-order valence-corrected chi connectivity index (χ0v) is 67.0. The number of ketones is 3. The van der Waals surface area contributed by atoms with E-state index in [0.717, 1.165) is 242 Å². The number of ether oxygens (including phenoxy) is 12. The first-order valence-corrected chi connectivity index (χ1v) is 39.3. The highest BCUT2D eigenvalue weighted by atomic mass is 16.7. The number of aromatic nitrogens is 4. The van der Waals surface area contributed by atoms with Gasteiger partial charge in [-0.05, 0) is 199 Å². The van der Waals surface area contributed by atoms with E-state index in [0.29, 0.717) is 96.9 Å². The fourth-order valence-electron chi connectivity index (χ4n) is 16.5. The van der Waals surface area contributed by atoms with Gasteiger partial charge in [-0.1, -0.05) is 6.58 Å². The molecule has 12 aromatic rings. The Labute approximate surface area is 671 Å². The molecule has 0 atom stereocenters. The number of nitrogens with one attached hydrogen (secondary N) is 4. The van der Waals surface area contributed by atoms with E-state index in [1.807, 2.05) is 113 Å². The number of hydrogen-bond acceptors (Lipinski definition) is 23. The highest BCUT2D eigenvalue weighted by Gasteiger charge is 2.33. The second kappa shape index (κ2) is 31.4. The van der Waals surface area contributed by atoms with Gasteiger partial charge in [0.15, 0.2) is 63.3 Å². The van der Waals surface area contributed by atoms with E-state index in [4.69, 9.17) is 76.8 Å². The van der Waals surface area contributed by atoms with Crippen LogP contribution >= 0.6 is 0 Å². The first-order chi connectivity index (χ1) is 56.3. The molecule has 0 spiro atoms. The van der Waals surface area contributed by atoms with Crippen molar-refractivity contribution in [2.24, 2.45) is 0 Å². The Kier molecular flexibility index (Phi) is 20.5. The van der Waals surface area contributed by atoms with Gasteiger partial charge in [-0.15, -0.1) is 0 Å². The van der Waals surface area contributed by atoms with Gasteiger partial charge in [0.25, 0.3) is 0 Å². The van der Waals surface area contributed by atoms with Crippen molar-refractivity contribution in [1.82, 2.24) is 19.9 Å². The third-order valence-corrected chi connectivity index (χ3v) is 22.7. The molecule has 23 nitrogen and oxygen atoms in total. The topological polar surface area (TPSA) is 262 Å². The maximum Gasteiger partial charge on any atom is 0.231 e. The number of carbonyl (C=O) groups excluding carboxylic acids is 3. The monoisotopic (exact) mass is 1560 g/mol.